The molecular formula is C16H23NO4. The van der Waals surface area contributed by atoms with Crippen LogP contribution in [-0.2, 0) is 16.0 Å². The van der Waals surface area contributed by atoms with Crippen LogP contribution in [0.25, 0.3) is 0 Å². The van der Waals surface area contributed by atoms with Gasteiger partial charge in [0.15, 0.2) is 0 Å². The summed E-state index contributed by atoms with van der Waals surface area (Å²) in [6.45, 7) is 0.469. The normalized spacial score (nSPS) is 17.3. The van der Waals surface area contributed by atoms with Crippen LogP contribution in [0.1, 0.15) is 50.7 Å². The highest BCUT2D eigenvalue weighted by Gasteiger charge is 2.34. The number of nitrogens with one attached hydrogen (secondary N) is 1. The number of carboxylic acid groups (broad SMARTS) is 1. The van der Waals surface area contributed by atoms with E-state index in [0.717, 1.165) is 37.9 Å². The van der Waals surface area contributed by atoms with Crippen molar-refractivity contribution in [1.82, 2.24) is 5.32 Å². The number of furan rings is 1. The molecule has 0 spiro atoms. The fourth-order valence-electron chi connectivity index (χ4n) is 3.10. The smallest absolute Gasteiger partial charge is 0.303 e. The van der Waals surface area contributed by atoms with E-state index in [-0.39, 0.29) is 17.7 Å². The molecule has 0 aromatic carbocycles. The summed E-state index contributed by atoms with van der Waals surface area (Å²) in [4.78, 5) is 23.0. The standard InChI is InChI=1S/C16H23NO4/c18-14(7-6-13-5-4-10-21-13)17-12-16(11-15(19)20)8-2-1-3-9-16/h4-5,10H,1-3,6-9,11-12H2,(H,17,18)(H,19,20). The van der Waals surface area contributed by atoms with Crippen molar-refractivity contribution in [3.63, 3.8) is 0 Å². The minimum absolute atomic E-state index is 0.0401. The molecule has 1 heterocycles. The lowest BCUT2D eigenvalue weighted by Gasteiger charge is -2.36. The predicted octanol–water partition coefficient (Wildman–Crippen LogP) is 2.75. The topological polar surface area (TPSA) is 79.5 Å². The number of hydrogen-bond donors (Lipinski definition) is 2. The van der Waals surface area contributed by atoms with Gasteiger partial charge >= 0.3 is 5.97 Å². The Kier molecular flexibility index (Phi) is 5.42. The van der Waals surface area contributed by atoms with Crippen LogP contribution in [0.2, 0.25) is 0 Å². The van der Waals surface area contributed by atoms with Gasteiger partial charge in [-0.05, 0) is 30.4 Å². The summed E-state index contributed by atoms with van der Waals surface area (Å²) in [6, 6.07) is 3.65. The summed E-state index contributed by atoms with van der Waals surface area (Å²) in [7, 11) is 0. The van der Waals surface area contributed by atoms with E-state index >= 15 is 0 Å². The maximum Gasteiger partial charge on any atom is 0.303 e. The van der Waals surface area contributed by atoms with Crippen LogP contribution in [0, 0.1) is 5.41 Å². The van der Waals surface area contributed by atoms with Crippen molar-refractivity contribution in [3.05, 3.63) is 24.2 Å². The summed E-state index contributed by atoms with van der Waals surface area (Å²) in [6.07, 6.45) is 7.72. The van der Waals surface area contributed by atoms with Gasteiger partial charge in [0.05, 0.1) is 12.7 Å². The number of aliphatic carboxylic acids is 1. The lowest BCUT2D eigenvalue weighted by atomic mass is 9.71. The molecule has 0 atom stereocenters. The van der Waals surface area contributed by atoms with Crippen LogP contribution in [0.4, 0.5) is 0 Å². The molecule has 1 aromatic heterocycles. The van der Waals surface area contributed by atoms with Crippen LogP contribution in [0.15, 0.2) is 22.8 Å². The molecule has 0 radical (unpaired) electrons. The van der Waals surface area contributed by atoms with Gasteiger partial charge in [-0.1, -0.05) is 19.3 Å². The second-order valence-corrected chi connectivity index (χ2v) is 5.99. The SMILES string of the molecule is O=C(O)CC1(CNC(=O)CCc2ccco2)CCCCC1. The van der Waals surface area contributed by atoms with Crippen molar-refractivity contribution in [2.45, 2.75) is 51.4 Å². The number of aryl methyl sites for hydroxylation is 1. The average Bonchev–Trinajstić information content (AvgIpc) is 2.96. The highest BCUT2D eigenvalue weighted by atomic mass is 16.4. The number of rotatable bonds is 7. The largest absolute Gasteiger partial charge is 0.481 e. The molecule has 1 saturated carbocycles. The van der Waals surface area contributed by atoms with E-state index in [9.17, 15) is 9.59 Å². The molecule has 0 bridgehead atoms. The van der Waals surface area contributed by atoms with Gasteiger partial charge in [0.1, 0.15) is 5.76 Å². The third-order valence-electron chi connectivity index (χ3n) is 4.28. The first-order chi connectivity index (χ1) is 10.1. The van der Waals surface area contributed by atoms with Crippen molar-refractivity contribution in [2.24, 2.45) is 5.41 Å². The number of carbonyl (C=O) groups excluding carboxylic acids is 1. The quantitative estimate of drug-likeness (QED) is 0.810. The van der Waals surface area contributed by atoms with Crippen molar-refractivity contribution in [1.29, 1.82) is 0 Å². The Balaban J connectivity index is 1.80. The van der Waals surface area contributed by atoms with Gasteiger partial charge in [-0.25, -0.2) is 0 Å². The lowest BCUT2D eigenvalue weighted by Crippen LogP contribution is -2.40. The zero-order valence-corrected chi connectivity index (χ0v) is 12.3. The van der Waals surface area contributed by atoms with E-state index in [1.54, 1.807) is 12.3 Å². The predicted molar refractivity (Wildman–Crippen MR) is 77.8 cm³/mol. The summed E-state index contributed by atoms with van der Waals surface area (Å²) in [5, 5.41) is 12.0. The van der Waals surface area contributed by atoms with E-state index < -0.39 is 5.97 Å². The molecule has 1 amide bonds. The molecule has 1 aliphatic carbocycles. The lowest BCUT2D eigenvalue weighted by molar-refractivity contribution is -0.140. The molecule has 1 fully saturated rings. The van der Waals surface area contributed by atoms with E-state index in [0.29, 0.717) is 19.4 Å². The zero-order chi connectivity index (χ0) is 15.1. The molecule has 2 rings (SSSR count). The minimum atomic E-state index is -0.776. The van der Waals surface area contributed by atoms with Crippen molar-refractivity contribution < 1.29 is 19.1 Å². The summed E-state index contributed by atoms with van der Waals surface area (Å²) < 4.78 is 5.19. The van der Waals surface area contributed by atoms with E-state index in [4.69, 9.17) is 9.52 Å². The monoisotopic (exact) mass is 293 g/mol. The second-order valence-electron chi connectivity index (χ2n) is 5.99. The molecule has 0 saturated heterocycles. The molecule has 5 nitrogen and oxygen atoms in total. The molecular weight excluding hydrogens is 270 g/mol. The van der Waals surface area contributed by atoms with Crippen LogP contribution >= 0.6 is 0 Å². The Morgan fingerprint density at radius 3 is 2.67 bits per heavy atom. The van der Waals surface area contributed by atoms with Gasteiger partial charge in [-0.3, -0.25) is 9.59 Å². The highest BCUT2D eigenvalue weighted by Crippen LogP contribution is 2.38. The molecule has 116 valence electrons. The first-order valence-corrected chi connectivity index (χ1v) is 7.61. The third-order valence-corrected chi connectivity index (χ3v) is 4.28. The van der Waals surface area contributed by atoms with Crippen LogP contribution in [0.5, 0.6) is 0 Å². The Hall–Kier alpha value is -1.78. The second kappa shape index (κ2) is 7.29. The van der Waals surface area contributed by atoms with Gasteiger partial charge in [-0.2, -0.15) is 0 Å². The number of carboxylic acids is 1. The van der Waals surface area contributed by atoms with Crippen LogP contribution < -0.4 is 5.32 Å². The Morgan fingerprint density at radius 2 is 2.05 bits per heavy atom. The Bertz CT molecular complexity index is 461. The summed E-state index contributed by atoms with van der Waals surface area (Å²) in [5.41, 5.74) is -0.259. The summed E-state index contributed by atoms with van der Waals surface area (Å²) >= 11 is 0. The average molecular weight is 293 g/mol. The number of hydrogen-bond acceptors (Lipinski definition) is 3. The number of carbonyl (C=O) groups is 2. The Morgan fingerprint density at radius 1 is 1.29 bits per heavy atom. The maximum absolute atomic E-state index is 11.9. The molecule has 0 aliphatic heterocycles. The van der Waals surface area contributed by atoms with Gasteiger partial charge in [0.2, 0.25) is 5.91 Å². The fourth-order valence-corrected chi connectivity index (χ4v) is 3.10. The molecule has 1 aliphatic rings. The van der Waals surface area contributed by atoms with Gasteiger partial charge in [0.25, 0.3) is 0 Å². The summed E-state index contributed by atoms with van der Waals surface area (Å²) in [5.74, 6) is -0.0217. The zero-order valence-electron chi connectivity index (χ0n) is 12.3. The van der Waals surface area contributed by atoms with Gasteiger partial charge in [0, 0.05) is 19.4 Å². The molecule has 21 heavy (non-hydrogen) atoms. The van der Waals surface area contributed by atoms with Crippen molar-refractivity contribution in [2.75, 3.05) is 6.54 Å². The van der Waals surface area contributed by atoms with Crippen molar-refractivity contribution in [3.8, 4) is 0 Å². The minimum Gasteiger partial charge on any atom is -0.481 e. The van der Waals surface area contributed by atoms with E-state index in [2.05, 4.69) is 5.32 Å². The van der Waals surface area contributed by atoms with E-state index in [1.165, 1.54) is 0 Å². The number of amides is 1. The fraction of sp³-hybridized carbons (Fsp3) is 0.625. The first kappa shape index (κ1) is 15.6. The maximum atomic E-state index is 11.9. The van der Waals surface area contributed by atoms with E-state index in [1.807, 2.05) is 6.07 Å². The molecule has 2 N–H and O–H groups in total. The van der Waals surface area contributed by atoms with Gasteiger partial charge < -0.3 is 14.8 Å². The third kappa shape index (κ3) is 4.92. The van der Waals surface area contributed by atoms with Gasteiger partial charge in [-0.15, -0.1) is 0 Å². The molecule has 5 heteroatoms. The molecule has 1 aromatic rings. The first-order valence-electron chi connectivity index (χ1n) is 7.61. The van der Waals surface area contributed by atoms with Crippen LogP contribution in [0.3, 0.4) is 0 Å². The van der Waals surface area contributed by atoms with Crippen LogP contribution in [-0.4, -0.2) is 23.5 Å². The van der Waals surface area contributed by atoms with Crippen molar-refractivity contribution >= 4 is 11.9 Å². The molecule has 0 unspecified atom stereocenters. The highest BCUT2D eigenvalue weighted by molar-refractivity contribution is 5.76. The Labute approximate surface area is 124 Å².